The van der Waals surface area contributed by atoms with Crippen LogP contribution in [0.25, 0.3) is 0 Å². The number of rotatable bonds is 3. The molecule has 0 fully saturated rings. The van der Waals surface area contributed by atoms with Gasteiger partial charge in [0.25, 0.3) is 0 Å². The van der Waals surface area contributed by atoms with E-state index in [9.17, 15) is 0 Å². The van der Waals surface area contributed by atoms with Gasteiger partial charge in [0.05, 0.1) is 6.61 Å². The molecular weight excluding hydrogens is 351 g/mol. The Morgan fingerprint density at radius 3 is 2.00 bits per heavy atom. The molecule has 0 unspecified atom stereocenters. The SMILES string of the molecule is CC(C)COc1cc(Br)cc(Br)c1.[K+].[OH-]. The van der Waals surface area contributed by atoms with Gasteiger partial charge in [-0.25, -0.2) is 0 Å². The molecule has 1 aromatic carbocycles. The van der Waals surface area contributed by atoms with Gasteiger partial charge in [-0.2, -0.15) is 0 Å². The van der Waals surface area contributed by atoms with Crippen molar-refractivity contribution in [1.82, 2.24) is 0 Å². The maximum absolute atomic E-state index is 5.57. The monoisotopic (exact) mass is 362 g/mol. The first-order valence-corrected chi connectivity index (χ1v) is 5.75. The molecule has 0 atom stereocenters. The van der Waals surface area contributed by atoms with Crippen LogP contribution in [0, 0.1) is 5.92 Å². The molecule has 0 heterocycles. The van der Waals surface area contributed by atoms with Crippen molar-refractivity contribution in [3.8, 4) is 5.75 Å². The van der Waals surface area contributed by atoms with E-state index in [0.717, 1.165) is 21.3 Å². The zero-order valence-corrected chi connectivity index (χ0v) is 15.4. The number of halogens is 2. The van der Waals surface area contributed by atoms with Crippen molar-refractivity contribution in [2.24, 2.45) is 5.92 Å². The van der Waals surface area contributed by atoms with E-state index in [2.05, 4.69) is 45.7 Å². The molecule has 0 amide bonds. The molecule has 0 bridgehead atoms. The third-order valence-electron chi connectivity index (χ3n) is 1.42. The maximum Gasteiger partial charge on any atom is 1.00 e. The summed E-state index contributed by atoms with van der Waals surface area (Å²) in [6.07, 6.45) is 0. The smallest absolute Gasteiger partial charge is 0.870 e. The van der Waals surface area contributed by atoms with Crippen LogP contribution in [0.4, 0.5) is 0 Å². The van der Waals surface area contributed by atoms with Crippen LogP contribution in [0.3, 0.4) is 0 Å². The molecule has 1 rings (SSSR count). The largest absolute Gasteiger partial charge is 1.00 e. The van der Waals surface area contributed by atoms with Crippen molar-refractivity contribution >= 4 is 31.9 Å². The van der Waals surface area contributed by atoms with Crippen LogP contribution < -0.4 is 56.1 Å². The molecule has 5 heteroatoms. The van der Waals surface area contributed by atoms with E-state index < -0.39 is 0 Å². The zero-order valence-electron chi connectivity index (χ0n) is 9.13. The van der Waals surface area contributed by atoms with Gasteiger partial charge in [0.15, 0.2) is 0 Å². The van der Waals surface area contributed by atoms with Crippen LogP contribution in [0.1, 0.15) is 13.8 Å². The fourth-order valence-electron chi connectivity index (χ4n) is 0.875. The van der Waals surface area contributed by atoms with Crippen LogP contribution in [0.2, 0.25) is 0 Å². The predicted molar refractivity (Wildman–Crippen MR) is 64.1 cm³/mol. The van der Waals surface area contributed by atoms with E-state index in [4.69, 9.17) is 4.74 Å². The third kappa shape index (κ3) is 8.32. The first kappa shape index (κ1) is 18.9. The molecule has 80 valence electrons. The molecule has 1 aromatic rings. The van der Waals surface area contributed by atoms with Crippen molar-refractivity contribution in [2.45, 2.75) is 13.8 Å². The van der Waals surface area contributed by atoms with Gasteiger partial charge in [0, 0.05) is 8.95 Å². The van der Waals surface area contributed by atoms with Crippen LogP contribution in [-0.4, -0.2) is 12.1 Å². The number of hydrogen-bond donors (Lipinski definition) is 0. The van der Waals surface area contributed by atoms with Crippen molar-refractivity contribution in [1.29, 1.82) is 0 Å². The Kier molecular flexibility index (Phi) is 12.1. The van der Waals surface area contributed by atoms with Gasteiger partial charge in [0.1, 0.15) is 5.75 Å². The summed E-state index contributed by atoms with van der Waals surface area (Å²) in [4.78, 5) is 0. The summed E-state index contributed by atoms with van der Waals surface area (Å²) in [5.74, 6) is 1.45. The van der Waals surface area contributed by atoms with Crippen LogP contribution in [0.5, 0.6) is 5.75 Å². The van der Waals surface area contributed by atoms with E-state index in [1.165, 1.54) is 0 Å². The van der Waals surface area contributed by atoms with E-state index in [0.29, 0.717) is 5.92 Å². The summed E-state index contributed by atoms with van der Waals surface area (Å²) in [6, 6.07) is 5.92. The van der Waals surface area contributed by atoms with E-state index in [1.54, 1.807) is 0 Å². The molecule has 0 saturated heterocycles. The second-order valence-electron chi connectivity index (χ2n) is 3.31. The Labute approximate surface area is 150 Å². The van der Waals surface area contributed by atoms with Gasteiger partial charge in [-0.05, 0) is 24.1 Å². The van der Waals surface area contributed by atoms with E-state index in [1.807, 2.05) is 18.2 Å². The molecule has 0 saturated carbocycles. The van der Waals surface area contributed by atoms with Crippen LogP contribution >= 0.6 is 31.9 Å². The molecule has 1 N–H and O–H groups in total. The number of ether oxygens (including phenoxy) is 1. The van der Waals surface area contributed by atoms with Crippen LogP contribution in [-0.2, 0) is 0 Å². The van der Waals surface area contributed by atoms with Gasteiger partial charge in [-0.15, -0.1) is 0 Å². The van der Waals surface area contributed by atoms with Crippen molar-refractivity contribution < 1.29 is 61.6 Å². The molecule has 0 radical (unpaired) electrons. The summed E-state index contributed by atoms with van der Waals surface area (Å²) in [5.41, 5.74) is 0. The van der Waals surface area contributed by atoms with Crippen molar-refractivity contribution in [3.63, 3.8) is 0 Å². The summed E-state index contributed by atoms with van der Waals surface area (Å²) in [6.45, 7) is 5.02. The Bertz CT molecular complexity index is 273. The standard InChI is InChI=1S/C10H12Br2O.K.H2O/c1-7(2)6-13-10-4-8(11)3-9(12)5-10;;/h3-5,7H,6H2,1-2H3;;1H2/q;+1;/p-1. The number of hydrogen-bond acceptors (Lipinski definition) is 2. The van der Waals surface area contributed by atoms with Gasteiger partial charge in [-0.1, -0.05) is 45.7 Å². The summed E-state index contributed by atoms with van der Waals surface area (Å²) in [7, 11) is 0. The summed E-state index contributed by atoms with van der Waals surface area (Å²) in [5, 5.41) is 0. The second-order valence-corrected chi connectivity index (χ2v) is 5.14. The van der Waals surface area contributed by atoms with Gasteiger partial charge in [-0.3, -0.25) is 0 Å². The molecule has 0 aliphatic rings. The molecule has 0 aliphatic carbocycles. The first-order valence-electron chi connectivity index (χ1n) is 4.17. The molecule has 2 nitrogen and oxygen atoms in total. The fraction of sp³-hybridized carbons (Fsp3) is 0.400. The Morgan fingerprint density at radius 2 is 1.60 bits per heavy atom. The molecule has 0 spiro atoms. The average Bonchev–Trinajstić information content (AvgIpc) is 1.99. The molecular formula is C10H13Br2KO2. The second kappa shape index (κ2) is 9.59. The summed E-state index contributed by atoms with van der Waals surface area (Å²) < 4.78 is 7.63. The van der Waals surface area contributed by atoms with E-state index >= 15 is 0 Å². The minimum atomic E-state index is 0. The molecule has 0 aromatic heterocycles. The Hall–Kier alpha value is 1.58. The third-order valence-corrected chi connectivity index (χ3v) is 2.34. The summed E-state index contributed by atoms with van der Waals surface area (Å²) >= 11 is 6.82. The number of benzene rings is 1. The minimum Gasteiger partial charge on any atom is -0.870 e. The minimum absolute atomic E-state index is 0. The van der Waals surface area contributed by atoms with Gasteiger partial charge >= 0.3 is 51.4 Å². The topological polar surface area (TPSA) is 39.2 Å². The normalized spacial score (nSPS) is 9.13. The Balaban J connectivity index is 0. The molecule has 15 heavy (non-hydrogen) atoms. The van der Waals surface area contributed by atoms with Crippen molar-refractivity contribution in [2.75, 3.05) is 6.61 Å². The van der Waals surface area contributed by atoms with Gasteiger partial charge in [0.2, 0.25) is 0 Å². The predicted octanol–water partition coefficient (Wildman–Crippen LogP) is 1.07. The first-order chi connectivity index (χ1) is 6.08. The van der Waals surface area contributed by atoms with Crippen molar-refractivity contribution in [3.05, 3.63) is 27.1 Å². The average molecular weight is 364 g/mol. The van der Waals surface area contributed by atoms with Gasteiger partial charge < -0.3 is 10.2 Å². The fourth-order valence-corrected chi connectivity index (χ4v) is 2.13. The molecule has 0 aliphatic heterocycles. The zero-order chi connectivity index (χ0) is 9.84. The Morgan fingerprint density at radius 1 is 1.13 bits per heavy atom. The van der Waals surface area contributed by atoms with E-state index in [-0.39, 0.29) is 56.9 Å². The van der Waals surface area contributed by atoms with Crippen LogP contribution in [0.15, 0.2) is 27.1 Å². The quantitative estimate of drug-likeness (QED) is 0.753. The maximum atomic E-state index is 5.57.